The van der Waals surface area contributed by atoms with Crippen LogP contribution < -0.4 is 0 Å². The third kappa shape index (κ3) is 4.25. The molecule has 0 aliphatic carbocycles. The van der Waals surface area contributed by atoms with Crippen LogP contribution in [0.1, 0.15) is 0 Å². The van der Waals surface area contributed by atoms with Crippen molar-refractivity contribution in [3.8, 4) is 0 Å². The Morgan fingerprint density at radius 2 is 1.75 bits per heavy atom. The first-order chi connectivity index (χ1) is 7.47. The number of carbonyl (C=O) groups excluding carboxylic acids is 1. The summed E-state index contributed by atoms with van der Waals surface area (Å²) in [5, 5.41) is 45.1. The summed E-state index contributed by atoms with van der Waals surface area (Å²) in [6, 6.07) is 0. The van der Waals surface area contributed by atoms with Gasteiger partial charge in [0.25, 0.3) is 0 Å². The van der Waals surface area contributed by atoms with Crippen LogP contribution >= 0.6 is 0 Å². The van der Waals surface area contributed by atoms with Gasteiger partial charge in [0.1, 0.15) is 18.3 Å². The van der Waals surface area contributed by atoms with Crippen LogP contribution in [0.5, 0.6) is 0 Å². The van der Waals surface area contributed by atoms with Crippen LogP contribution in [-0.2, 0) is 9.53 Å². The largest absolute Gasteiger partial charge is 0.454 e. The zero-order valence-corrected chi connectivity index (χ0v) is 8.56. The molecule has 16 heavy (non-hydrogen) atoms. The Kier molecular flexibility index (Phi) is 6.86. The number of esters is 1. The van der Waals surface area contributed by atoms with Gasteiger partial charge in [-0.15, -0.1) is 0 Å². The molecular formula is C9H16O7. The van der Waals surface area contributed by atoms with Crippen molar-refractivity contribution in [2.45, 2.75) is 24.4 Å². The van der Waals surface area contributed by atoms with E-state index in [4.69, 9.17) is 15.3 Å². The molecule has 0 amide bonds. The fourth-order valence-electron chi connectivity index (χ4n) is 0.968. The topological polar surface area (TPSA) is 127 Å². The van der Waals surface area contributed by atoms with Crippen LogP contribution in [0.25, 0.3) is 0 Å². The summed E-state index contributed by atoms with van der Waals surface area (Å²) in [6.07, 6.45) is -5.62. The van der Waals surface area contributed by atoms with Crippen molar-refractivity contribution >= 4 is 5.97 Å². The van der Waals surface area contributed by atoms with Gasteiger partial charge < -0.3 is 30.3 Å². The van der Waals surface area contributed by atoms with Gasteiger partial charge in [-0.3, -0.25) is 0 Å². The molecule has 0 bridgehead atoms. The van der Waals surface area contributed by atoms with Crippen LogP contribution in [0.4, 0.5) is 0 Å². The minimum Gasteiger partial charge on any atom is -0.454 e. The molecule has 0 rings (SSSR count). The minimum atomic E-state index is -1.74. The van der Waals surface area contributed by atoms with Gasteiger partial charge in [0.2, 0.25) is 0 Å². The Labute approximate surface area is 92.2 Å². The Morgan fingerprint density at radius 1 is 1.19 bits per heavy atom. The summed E-state index contributed by atoms with van der Waals surface area (Å²) in [5.74, 6) is -0.885. The van der Waals surface area contributed by atoms with E-state index in [9.17, 15) is 15.0 Å². The zero-order valence-electron chi connectivity index (χ0n) is 8.56. The van der Waals surface area contributed by atoms with Gasteiger partial charge in [-0.1, -0.05) is 6.58 Å². The van der Waals surface area contributed by atoms with Crippen molar-refractivity contribution in [3.05, 3.63) is 12.7 Å². The quantitative estimate of drug-likeness (QED) is 0.238. The third-order valence-corrected chi connectivity index (χ3v) is 1.93. The van der Waals surface area contributed by atoms with E-state index in [1.807, 2.05) is 0 Å². The fraction of sp³-hybridized carbons (Fsp3) is 0.667. The van der Waals surface area contributed by atoms with Gasteiger partial charge in [-0.25, -0.2) is 4.79 Å². The first kappa shape index (κ1) is 15.0. The lowest BCUT2D eigenvalue weighted by molar-refractivity contribution is -0.165. The van der Waals surface area contributed by atoms with Gasteiger partial charge in [0.05, 0.1) is 13.2 Å². The molecule has 0 spiro atoms. The first-order valence-electron chi connectivity index (χ1n) is 4.56. The summed E-state index contributed by atoms with van der Waals surface area (Å²) in [4.78, 5) is 10.8. The molecule has 7 heteroatoms. The summed E-state index contributed by atoms with van der Waals surface area (Å²) in [6.45, 7) is 1.60. The van der Waals surface area contributed by atoms with E-state index in [1.165, 1.54) is 0 Å². The van der Waals surface area contributed by atoms with Gasteiger partial charge in [-0.2, -0.15) is 0 Å². The van der Waals surface area contributed by atoms with Crippen LogP contribution in [0, 0.1) is 0 Å². The predicted octanol–water partition coefficient (Wildman–Crippen LogP) is -2.85. The highest BCUT2D eigenvalue weighted by Gasteiger charge is 2.32. The van der Waals surface area contributed by atoms with Crippen LogP contribution in [0.3, 0.4) is 0 Å². The monoisotopic (exact) mass is 236 g/mol. The van der Waals surface area contributed by atoms with E-state index in [1.54, 1.807) is 0 Å². The van der Waals surface area contributed by atoms with Crippen molar-refractivity contribution in [2.24, 2.45) is 0 Å². The van der Waals surface area contributed by atoms with E-state index in [0.717, 1.165) is 6.08 Å². The van der Waals surface area contributed by atoms with Gasteiger partial charge in [0, 0.05) is 6.08 Å². The maximum atomic E-state index is 10.8. The Hall–Kier alpha value is -0.990. The third-order valence-electron chi connectivity index (χ3n) is 1.93. The van der Waals surface area contributed by atoms with Crippen molar-refractivity contribution < 1.29 is 35.1 Å². The average molecular weight is 236 g/mol. The fourth-order valence-corrected chi connectivity index (χ4v) is 0.968. The smallest absolute Gasteiger partial charge is 0.330 e. The Balaban J connectivity index is 4.45. The molecule has 0 aromatic carbocycles. The molecule has 0 fully saturated rings. The molecule has 0 radical (unpaired) electrons. The molecule has 0 heterocycles. The molecule has 94 valence electrons. The predicted molar refractivity (Wildman–Crippen MR) is 52.3 cm³/mol. The lowest BCUT2D eigenvalue weighted by Gasteiger charge is -2.27. The molecule has 0 aliphatic rings. The van der Waals surface area contributed by atoms with Crippen LogP contribution in [0.2, 0.25) is 0 Å². The summed E-state index contributed by atoms with van der Waals surface area (Å²) >= 11 is 0. The van der Waals surface area contributed by atoms with Crippen LogP contribution in [0.15, 0.2) is 12.7 Å². The van der Waals surface area contributed by atoms with E-state index < -0.39 is 43.6 Å². The Bertz CT molecular complexity index is 230. The van der Waals surface area contributed by atoms with Gasteiger partial charge in [0.15, 0.2) is 6.10 Å². The maximum absolute atomic E-state index is 10.8. The molecule has 0 aromatic rings. The van der Waals surface area contributed by atoms with E-state index in [-0.39, 0.29) is 0 Å². The molecule has 5 N–H and O–H groups in total. The summed E-state index contributed by atoms with van der Waals surface area (Å²) in [5.41, 5.74) is 0. The number of ether oxygens (including phenoxy) is 1. The SMILES string of the molecule is C=CC(=O)O[C@@H](CO)[C@@H](O)[C@H](O)[C@H](O)CO. The number of aliphatic hydroxyl groups excluding tert-OH is 5. The minimum absolute atomic E-state index is 0.740. The molecule has 0 aliphatic heterocycles. The second-order valence-corrected chi connectivity index (χ2v) is 3.09. The molecule has 0 unspecified atom stereocenters. The van der Waals surface area contributed by atoms with Gasteiger partial charge in [-0.05, 0) is 0 Å². The molecule has 4 atom stereocenters. The van der Waals surface area contributed by atoms with Gasteiger partial charge >= 0.3 is 5.97 Å². The number of rotatable bonds is 7. The van der Waals surface area contributed by atoms with Crippen LogP contribution in [-0.4, -0.2) is 69.1 Å². The first-order valence-corrected chi connectivity index (χ1v) is 4.56. The maximum Gasteiger partial charge on any atom is 0.330 e. The number of aliphatic hydroxyl groups is 5. The highest BCUT2D eigenvalue weighted by Crippen LogP contribution is 2.08. The highest BCUT2D eigenvalue weighted by atomic mass is 16.6. The lowest BCUT2D eigenvalue weighted by atomic mass is 10.0. The van der Waals surface area contributed by atoms with E-state index in [2.05, 4.69) is 11.3 Å². The van der Waals surface area contributed by atoms with E-state index >= 15 is 0 Å². The normalized spacial score (nSPS) is 18.3. The van der Waals surface area contributed by atoms with Crippen molar-refractivity contribution in [1.82, 2.24) is 0 Å². The number of hydrogen-bond donors (Lipinski definition) is 5. The average Bonchev–Trinajstić information content (AvgIpc) is 2.32. The second kappa shape index (κ2) is 7.31. The zero-order chi connectivity index (χ0) is 12.7. The van der Waals surface area contributed by atoms with Crippen molar-refractivity contribution in [1.29, 1.82) is 0 Å². The van der Waals surface area contributed by atoms with Crippen molar-refractivity contribution in [2.75, 3.05) is 13.2 Å². The molecule has 0 aromatic heterocycles. The number of hydrogen-bond acceptors (Lipinski definition) is 7. The number of carbonyl (C=O) groups is 1. The standard InChI is InChI=1S/C9H16O7/c1-2-7(13)16-6(4-11)9(15)8(14)5(12)3-10/h2,5-6,8-12,14-15H,1,3-4H2/t5-,6+,8-,9-/m1/s1. The van der Waals surface area contributed by atoms with E-state index in [0.29, 0.717) is 0 Å². The molecule has 0 saturated carbocycles. The molecular weight excluding hydrogens is 220 g/mol. The summed E-state index contributed by atoms with van der Waals surface area (Å²) < 4.78 is 4.52. The molecule has 0 saturated heterocycles. The molecule has 7 nitrogen and oxygen atoms in total. The lowest BCUT2D eigenvalue weighted by Crippen LogP contribution is -2.48. The Morgan fingerprint density at radius 3 is 2.12 bits per heavy atom. The summed E-state index contributed by atoms with van der Waals surface area (Å²) in [7, 11) is 0. The highest BCUT2D eigenvalue weighted by molar-refractivity contribution is 5.81. The second-order valence-electron chi connectivity index (χ2n) is 3.09. The van der Waals surface area contributed by atoms with Crippen molar-refractivity contribution in [3.63, 3.8) is 0 Å².